The first-order valence-corrected chi connectivity index (χ1v) is 13.1. The van der Waals surface area contributed by atoms with E-state index in [0.29, 0.717) is 31.4 Å². The second-order valence-electron chi connectivity index (χ2n) is 9.23. The van der Waals surface area contributed by atoms with E-state index >= 15 is 0 Å². The van der Waals surface area contributed by atoms with Crippen LogP contribution in [0.3, 0.4) is 0 Å². The van der Waals surface area contributed by atoms with Gasteiger partial charge in [0.2, 0.25) is 0 Å². The lowest BCUT2D eigenvalue weighted by molar-refractivity contribution is -0.0653. The average Bonchev–Trinajstić information content (AvgIpc) is 3.37. The summed E-state index contributed by atoms with van der Waals surface area (Å²) in [7, 11) is 0. The van der Waals surface area contributed by atoms with Crippen LogP contribution in [0.5, 0.6) is 0 Å². The van der Waals surface area contributed by atoms with Crippen molar-refractivity contribution >= 4 is 17.4 Å². The van der Waals surface area contributed by atoms with Gasteiger partial charge < -0.3 is 9.64 Å². The van der Waals surface area contributed by atoms with Gasteiger partial charge in [0.1, 0.15) is 21.7 Å². The number of nitriles is 1. The normalized spacial score (nSPS) is 18.2. The molecule has 0 bridgehead atoms. The molecule has 0 aliphatic carbocycles. The van der Waals surface area contributed by atoms with Crippen molar-refractivity contribution in [1.82, 2.24) is 20.1 Å². The Morgan fingerprint density at radius 2 is 1.89 bits per heavy atom. The van der Waals surface area contributed by atoms with E-state index in [1.54, 1.807) is 28.5 Å². The number of hydrogen-bond acceptors (Lipinski definition) is 7. The van der Waals surface area contributed by atoms with Crippen molar-refractivity contribution in [2.45, 2.75) is 44.8 Å². The van der Waals surface area contributed by atoms with Crippen molar-refractivity contribution in [3.05, 3.63) is 99.6 Å². The molecule has 2 atom stereocenters. The van der Waals surface area contributed by atoms with E-state index in [1.807, 2.05) is 74.5 Å². The number of carbonyl (C=O) groups excluding carboxylic acids is 1. The molecular weight excluding hydrogens is 482 g/mol. The lowest BCUT2D eigenvalue weighted by Gasteiger charge is -2.43. The third-order valence-electron chi connectivity index (χ3n) is 6.93. The maximum Gasteiger partial charge on any atom is 0.411 e. The molecule has 37 heavy (non-hydrogen) atoms. The minimum absolute atomic E-state index is 0.143. The standard InChI is InChI=1S/C29H27N5O2S/c1-20(23-9-11-24(12-10-23)26-13-8-22(18-30)19-31-26)34-17-16-29(36-28(34)35,25-6-4-3-5-7-25)15-14-27-33-32-21(2)37-27/h3-13,19-20H,14-17H2,1-2H3. The second kappa shape index (κ2) is 10.5. The second-order valence-corrected chi connectivity index (χ2v) is 10.5. The van der Waals surface area contributed by atoms with Gasteiger partial charge in [0.25, 0.3) is 0 Å². The highest BCUT2D eigenvalue weighted by molar-refractivity contribution is 7.11. The molecule has 186 valence electrons. The van der Waals surface area contributed by atoms with Crippen LogP contribution in [-0.4, -0.2) is 32.7 Å². The number of nitrogens with zero attached hydrogens (tertiary/aromatic N) is 5. The van der Waals surface area contributed by atoms with E-state index in [-0.39, 0.29) is 12.1 Å². The van der Waals surface area contributed by atoms with Gasteiger partial charge >= 0.3 is 6.09 Å². The van der Waals surface area contributed by atoms with Gasteiger partial charge in [-0.25, -0.2) is 4.79 Å². The van der Waals surface area contributed by atoms with Crippen LogP contribution in [0, 0.1) is 18.3 Å². The number of rotatable bonds is 7. The molecular formula is C29H27N5O2S. The van der Waals surface area contributed by atoms with E-state index < -0.39 is 5.60 Å². The van der Waals surface area contributed by atoms with Crippen molar-refractivity contribution in [3.63, 3.8) is 0 Å². The monoisotopic (exact) mass is 509 g/mol. The minimum Gasteiger partial charge on any atom is -0.438 e. The van der Waals surface area contributed by atoms with Crippen LogP contribution in [0.4, 0.5) is 4.79 Å². The summed E-state index contributed by atoms with van der Waals surface area (Å²) in [5.41, 5.74) is 3.62. The number of aryl methyl sites for hydroxylation is 2. The van der Waals surface area contributed by atoms with Crippen molar-refractivity contribution in [2.75, 3.05) is 6.54 Å². The molecule has 8 heteroatoms. The van der Waals surface area contributed by atoms with Gasteiger partial charge in [0.05, 0.1) is 17.3 Å². The molecule has 5 rings (SSSR count). The van der Waals surface area contributed by atoms with Crippen LogP contribution in [0.15, 0.2) is 72.9 Å². The van der Waals surface area contributed by atoms with Crippen LogP contribution in [0.25, 0.3) is 11.3 Å². The number of ether oxygens (including phenoxy) is 1. The van der Waals surface area contributed by atoms with Gasteiger partial charge in [-0.2, -0.15) is 5.26 Å². The third-order valence-corrected chi connectivity index (χ3v) is 7.83. The molecule has 1 aliphatic heterocycles. The fourth-order valence-corrected chi connectivity index (χ4v) is 5.49. The number of pyridine rings is 1. The molecule has 0 N–H and O–H groups in total. The van der Waals surface area contributed by atoms with Crippen LogP contribution < -0.4 is 0 Å². The Morgan fingerprint density at radius 3 is 2.51 bits per heavy atom. The maximum atomic E-state index is 13.4. The molecule has 1 aliphatic rings. The molecule has 7 nitrogen and oxygen atoms in total. The number of aromatic nitrogens is 3. The van der Waals surface area contributed by atoms with Gasteiger partial charge in [-0.3, -0.25) is 4.98 Å². The fourth-order valence-electron chi connectivity index (χ4n) is 4.78. The predicted octanol–water partition coefficient (Wildman–Crippen LogP) is 6.21. The molecule has 0 radical (unpaired) electrons. The Labute approximate surface area is 220 Å². The van der Waals surface area contributed by atoms with Gasteiger partial charge in [0.15, 0.2) is 0 Å². The summed E-state index contributed by atoms with van der Waals surface area (Å²) < 4.78 is 6.27. The predicted molar refractivity (Wildman–Crippen MR) is 142 cm³/mol. The fraction of sp³-hybridized carbons (Fsp3) is 0.276. The molecule has 4 aromatic rings. The largest absolute Gasteiger partial charge is 0.438 e. The molecule has 2 unspecified atom stereocenters. The maximum absolute atomic E-state index is 13.4. The highest BCUT2D eigenvalue weighted by Crippen LogP contribution is 2.40. The first-order chi connectivity index (χ1) is 18.0. The summed E-state index contributed by atoms with van der Waals surface area (Å²) in [6, 6.07) is 23.6. The van der Waals surface area contributed by atoms with Gasteiger partial charge in [-0.05, 0) is 43.5 Å². The van der Waals surface area contributed by atoms with Gasteiger partial charge in [-0.1, -0.05) is 54.6 Å². The molecule has 2 aromatic heterocycles. The Balaban J connectivity index is 1.32. The summed E-state index contributed by atoms with van der Waals surface area (Å²) in [4.78, 5) is 19.6. The molecule has 2 aromatic carbocycles. The zero-order valence-corrected chi connectivity index (χ0v) is 21.6. The topological polar surface area (TPSA) is 92.0 Å². The first kappa shape index (κ1) is 24.6. The molecule has 3 heterocycles. The Morgan fingerprint density at radius 1 is 1.11 bits per heavy atom. The molecule has 0 spiro atoms. The summed E-state index contributed by atoms with van der Waals surface area (Å²) in [6.45, 7) is 4.56. The lowest BCUT2D eigenvalue weighted by atomic mass is 9.84. The molecule has 1 amide bonds. The van der Waals surface area contributed by atoms with Crippen LogP contribution in [-0.2, 0) is 16.8 Å². The summed E-state index contributed by atoms with van der Waals surface area (Å²) in [5, 5.41) is 19.3. The van der Waals surface area contributed by atoms with E-state index in [0.717, 1.165) is 32.4 Å². The SMILES string of the molecule is Cc1nnc(CCC2(c3ccccc3)CCN(C(C)c3ccc(-c4ccc(C#N)cn4)cc3)C(=O)O2)s1. The summed E-state index contributed by atoms with van der Waals surface area (Å²) >= 11 is 1.58. The first-order valence-electron chi connectivity index (χ1n) is 12.3. The summed E-state index contributed by atoms with van der Waals surface area (Å²) in [5.74, 6) is 0. The molecule has 1 fully saturated rings. The number of hydrogen-bond donors (Lipinski definition) is 0. The number of amides is 1. The number of benzene rings is 2. The van der Waals surface area contributed by atoms with Gasteiger partial charge in [-0.15, -0.1) is 21.5 Å². The van der Waals surface area contributed by atoms with Crippen molar-refractivity contribution in [2.24, 2.45) is 0 Å². The third kappa shape index (κ3) is 5.23. The molecule has 1 saturated heterocycles. The number of cyclic esters (lactones) is 1. The lowest BCUT2D eigenvalue weighted by Crippen LogP contribution is -2.49. The zero-order valence-electron chi connectivity index (χ0n) is 20.8. The van der Waals surface area contributed by atoms with Crippen LogP contribution >= 0.6 is 11.3 Å². The van der Waals surface area contributed by atoms with Crippen molar-refractivity contribution in [3.8, 4) is 17.3 Å². The van der Waals surface area contributed by atoms with E-state index in [9.17, 15) is 4.79 Å². The van der Waals surface area contributed by atoms with E-state index in [2.05, 4.69) is 21.3 Å². The van der Waals surface area contributed by atoms with Crippen LogP contribution in [0.2, 0.25) is 0 Å². The van der Waals surface area contributed by atoms with Crippen molar-refractivity contribution in [1.29, 1.82) is 5.26 Å². The quantitative estimate of drug-likeness (QED) is 0.294. The Kier molecular flexibility index (Phi) is 6.97. The van der Waals surface area contributed by atoms with E-state index in [4.69, 9.17) is 10.00 Å². The van der Waals surface area contributed by atoms with Crippen LogP contribution in [0.1, 0.15) is 52.5 Å². The van der Waals surface area contributed by atoms with E-state index in [1.165, 1.54) is 0 Å². The average molecular weight is 510 g/mol. The highest BCUT2D eigenvalue weighted by Gasteiger charge is 2.43. The smallest absolute Gasteiger partial charge is 0.411 e. The molecule has 0 saturated carbocycles. The van der Waals surface area contributed by atoms with Crippen molar-refractivity contribution < 1.29 is 9.53 Å². The zero-order chi connectivity index (χ0) is 25.8. The number of carbonyl (C=O) groups is 1. The highest BCUT2D eigenvalue weighted by atomic mass is 32.1. The summed E-state index contributed by atoms with van der Waals surface area (Å²) in [6.07, 6.45) is 3.31. The van der Waals surface area contributed by atoms with Gasteiger partial charge in [0, 0.05) is 31.1 Å². The Hall–Kier alpha value is -4.09. The Bertz CT molecular complexity index is 1410. The minimum atomic E-state index is -0.695.